The summed E-state index contributed by atoms with van der Waals surface area (Å²) < 4.78 is 10.7. The fraction of sp³-hybridized carbons (Fsp3) is 0.0909. The van der Waals surface area contributed by atoms with Gasteiger partial charge in [0, 0.05) is 17.1 Å². The highest BCUT2D eigenvalue weighted by Crippen LogP contribution is 2.34. The zero-order valence-electron chi connectivity index (χ0n) is 14.9. The Labute approximate surface area is 161 Å². The Bertz CT molecular complexity index is 1120. The van der Waals surface area contributed by atoms with Gasteiger partial charge in [0.25, 0.3) is 0 Å². The molecule has 27 heavy (non-hydrogen) atoms. The van der Waals surface area contributed by atoms with Crippen molar-refractivity contribution in [2.75, 3.05) is 14.2 Å². The lowest BCUT2D eigenvalue weighted by atomic mass is 9.99. The Morgan fingerprint density at radius 3 is 2.52 bits per heavy atom. The molecule has 0 aliphatic heterocycles. The summed E-state index contributed by atoms with van der Waals surface area (Å²) in [5.74, 6) is 1.07. The van der Waals surface area contributed by atoms with Crippen molar-refractivity contribution in [1.82, 2.24) is 4.98 Å². The summed E-state index contributed by atoms with van der Waals surface area (Å²) in [6.45, 7) is 0. The summed E-state index contributed by atoms with van der Waals surface area (Å²) in [7, 11) is 3.17. The SMILES string of the molecule is COc1cc2ccnc(C(=O)c3cccc(-c4ccsc4)c3)c2cc1OC. The van der Waals surface area contributed by atoms with Crippen molar-refractivity contribution in [3.8, 4) is 22.6 Å². The minimum atomic E-state index is -0.120. The number of ketones is 1. The van der Waals surface area contributed by atoms with Gasteiger partial charge in [-0.25, -0.2) is 0 Å². The fourth-order valence-electron chi connectivity index (χ4n) is 3.09. The Morgan fingerprint density at radius 2 is 1.78 bits per heavy atom. The Morgan fingerprint density at radius 1 is 0.963 bits per heavy atom. The zero-order chi connectivity index (χ0) is 18.8. The van der Waals surface area contributed by atoms with Gasteiger partial charge in [0.05, 0.1) is 14.2 Å². The second-order valence-electron chi connectivity index (χ2n) is 6.01. The van der Waals surface area contributed by atoms with Crippen LogP contribution in [-0.2, 0) is 0 Å². The number of ether oxygens (including phenoxy) is 2. The van der Waals surface area contributed by atoms with E-state index in [1.165, 1.54) is 0 Å². The predicted molar refractivity (Wildman–Crippen MR) is 108 cm³/mol. The molecule has 2 aromatic heterocycles. The van der Waals surface area contributed by atoms with Crippen LogP contribution in [0, 0.1) is 0 Å². The van der Waals surface area contributed by atoms with Gasteiger partial charge in [-0.2, -0.15) is 11.3 Å². The third-order valence-corrected chi connectivity index (χ3v) is 5.15. The molecule has 0 unspecified atom stereocenters. The van der Waals surface area contributed by atoms with Gasteiger partial charge in [0.1, 0.15) is 5.69 Å². The molecule has 0 aliphatic carbocycles. The highest BCUT2D eigenvalue weighted by Gasteiger charge is 2.17. The molecule has 0 saturated carbocycles. The van der Waals surface area contributed by atoms with Gasteiger partial charge in [-0.15, -0.1) is 0 Å². The molecular formula is C22H17NO3S. The number of hydrogen-bond acceptors (Lipinski definition) is 5. The molecule has 4 nitrogen and oxygen atoms in total. The third-order valence-electron chi connectivity index (χ3n) is 4.46. The molecule has 0 radical (unpaired) electrons. The second-order valence-corrected chi connectivity index (χ2v) is 6.79. The van der Waals surface area contributed by atoms with Crippen LogP contribution in [0.2, 0.25) is 0 Å². The van der Waals surface area contributed by atoms with Gasteiger partial charge in [0.15, 0.2) is 11.5 Å². The first-order chi connectivity index (χ1) is 13.2. The van der Waals surface area contributed by atoms with Crippen LogP contribution in [0.3, 0.4) is 0 Å². The normalized spacial score (nSPS) is 10.7. The number of fused-ring (bicyclic) bond motifs is 1. The van der Waals surface area contributed by atoms with Crippen molar-refractivity contribution in [2.24, 2.45) is 0 Å². The summed E-state index contributed by atoms with van der Waals surface area (Å²) in [5.41, 5.74) is 3.12. The van der Waals surface area contributed by atoms with E-state index in [1.54, 1.807) is 37.8 Å². The Balaban J connectivity index is 1.82. The highest BCUT2D eigenvalue weighted by atomic mass is 32.1. The molecule has 0 N–H and O–H groups in total. The van der Waals surface area contributed by atoms with Crippen LogP contribution in [0.25, 0.3) is 21.9 Å². The van der Waals surface area contributed by atoms with Crippen molar-refractivity contribution < 1.29 is 14.3 Å². The maximum absolute atomic E-state index is 13.2. The van der Waals surface area contributed by atoms with E-state index in [2.05, 4.69) is 10.4 Å². The van der Waals surface area contributed by atoms with Gasteiger partial charge in [-0.05, 0) is 57.6 Å². The van der Waals surface area contributed by atoms with E-state index >= 15 is 0 Å². The second kappa shape index (κ2) is 7.21. The Hall–Kier alpha value is -3.18. The van der Waals surface area contributed by atoms with Crippen molar-refractivity contribution in [3.63, 3.8) is 0 Å². The standard InChI is InChI=1S/C22H17NO3S/c1-25-19-11-15-6-8-23-21(18(15)12-20(19)26-2)22(24)16-5-3-4-14(10-16)17-7-9-27-13-17/h3-13H,1-2H3. The number of aromatic nitrogens is 1. The van der Waals surface area contributed by atoms with Crippen molar-refractivity contribution >= 4 is 27.9 Å². The van der Waals surface area contributed by atoms with Crippen LogP contribution in [0.1, 0.15) is 16.1 Å². The predicted octanol–water partition coefficient (Wildman–Crippen LogP) is 5.21. The molecule has 4 aromatic rings. The number of rotatable bonds is 5. The lowest BCUT2D eigenvalue weighted by Gasteiger charge is -2.11. The molecule has 0 amide bonds. The lowest BCUT2D eigenvalue weighted by Crippen LogP contribution is -2.05. The average molecular weight is 375 g/mol. The van der Waals surface area contributed by atoms with Crippen LogP contribution in [0.15, 0.2) is 65.5 Å². The molecule has 2 heterocycles. The molecule has 0 spiro atoms. The molecule has 0 saturated heterocycles. The maximum atomic E-state index is 13.2. The molecular weight excluding hydrogens is 358 g/mol. The van der Waals surface area contributed by atoms with E-state index < -0.39 is 0 Å². The number of nitrogens with zero attached hydrogens (tertiary/aromatic N) is 1. The van der Waals surface area contributed by atoms with Crippen molar-refractivity contribution in [2.45, 2.75) is 0 Å². The molecule has 0 bridgehead atoms. The topological polar surface area (TPSA) is 48.4 Å². The summed E-state index contributed by atoms with van der Waals surface area (Å²) in [5, 5.41) is 5.70. The molecule has 134 valence electrons. The molecule has 2 aromatic carbocycles. The number of pyridine rings is 1. The summed E-state index contributed by atoms with van der Waals surface area (Å²) in [6.07, 6.45) is 1.64. The van der Waals surface area contributed by atoms with Crippen LogP contribution in [0.5, 0.6) is 11.5 Å². The van der Waals surface area contributed by atoms with E-state index in [9.17, 15) is 4.79 Å². The first-order valence-corrected chi connectivity index (χ1v) is 9.33. The minimum Gasteiger partial charge on any atom is -0.493 e. The van der Waals surface area contributed by atoms with Crippen molar-refractivity contribution in [1.29, 1.82) is 0 Å². The van der Waals surface area contributed by atoms with E-state index in [1.807, 2.05) is 47.8 Å². The van der Waals surface area contributed by atoms with Gasteiger partial charge >= 0.3 is 0 Å². The van der Waals surface area contributed by atoms with Crippen LogP contribution in [0.4, 0.5) is 0 Å². The quantitative estimate of drug-likeness (QED) is 0.449. The van der Waals surface area contributed by atoms with Gasteiger partial charge in [-0.1, -0.05) is 18.2 Å². The monoisotopic (exact) mass is 375 g/mol. The number of methoxy groups -OCH3 is 2. The van der Waals surface area contributed by atoms with Crippen LogP contribution < -0.4 is 9.47 Å². The van der Waals surface area contributed by atoms with Gasteiger partial charge < -0.3 is 9.47 Å². The number of hydrogen-bond donors (Lipinski definition) is 0. The number of benzene rings is 2. The third kappa shape index (κ3) is 3.17. The number of thiophene rings is 1. The minimum absolute atomic E-state index is 0.120. The molecule has 5 heteroatoms. The summed E-state index contributed by atoms with van der Waals surface area (Å²) in [6, 6.07) is 15.2. The Kier molecular flexibility index (Phi) is 4.60. The van der Waals surface area contributed by atoms with Crippen LogP contribution in [-0.4, -0.2) is 25.0 Å². The number of carbonyl (C=O) groups is 1. The zero-order valence-corrected chi connectivity index (χ0v) is 15.7. The van der Waals surface area contributed by atoms with Crippen LogP contribution >= 0.6 is 11.3 Å². The molecule has 0 atom stereocenters. The smallest absolute Gasteiger partial charge is 0.211 e. The first kappa shape index (κ1) is 17.2. The van der Waals surface area contributed by atoms with E-state index in [-0.39, 0.29) is 5.78 Å². The molecule has 4 rings (SSSR count). The molecule has 0 aliphatic rings. The number of carbonyl (C=O) groups excluding carboxylic acids is 1. The highest BCUT2D eigenvalue weighted by molar-refractivity contribution is 7.08. The first-order valence-electron chi connectivity index (χ1n) is 8.39. The van der Waals surface area contributed by atoms with Gasteiger partial charge in [0.2, 0.25) is 5.78 Å². The van der Waals surface area contributed by atoms with Crippen molar-refractivity contribution in [3.05, 3.63) is 76.7 Å². The lowest BCUT2D eigenvalue weighted by molar-refractivity contribution is 0.103. The molecule has 0 fully saturated rings. The average Bonchev–Trinajstić information content (AvgIpc) is 3.26. The van der Waals surface area contributed by atoms with E-state index in [0.29, 0.717) is 22.8 Å². The van der Waals surface area contributed by atoms with E-state index in [0.717, 1.165) is 21.9 Å². The van der Waals surface area contributed by atoms with E-state index in [4.69, 9.17) is 9.47 Å². The maximum Gasteiger partial charge on any atom is 0.211 e. The summed E-state index contributed by atoms with van der Waals surface area (Å²) in [4.78, 5) is 17.6. The largest absolute Gasteiger partial charge is 0.493 e. The van der Waals surface area contributed by atoms with Gasteiger partial charge in [-0.3, -0.25) is 9.78 Å². The fourth-order valence-corrected chi connectivity index (χ4v) is 3.75. The summed E-state index contributed by atoms with van der Waals surface area (Å²) >= 11 is 1.63.